The number of non-ortho nitro benzene ring substituents is 1. The molecular formula is C19H25N5O6S. The zero-order valence-corrected chi connectivity index (χ0v) is 18.0. The predicted molar refractivity (Wildman–Crippen MR) is 110 cm³/mol. The van der Waals surface area contributed by atoms with Gasteiger partial charge in [-0.25, -0.2) is 17.9 Å². The molecule has 0 bridgehead atoms. The van der Waals surface area contributed by atoms with Gasteiger partial charge in [-0.1, -0.05) is 0 Å². The zero-order valence-electron chi connectivity index (χ0n) is 17.2. The van der Waals surface area contributed by atoms with Gasteiger partial charge >= 0.3 is 5.69 Å². The van der Waals surface area contributed by atoms with E-state index in [2.05, 4.69) is 5.10 Å². The molecule has 0 radical (unpaired) electrons. The largest absolute Gasteiger partial charge is 0.383 e. The Morgan fingerprint density at radius 1 is 1.23 bits per heavy atom. The third-order valence-electron chi connectivity index (χ3n) is 5.75. The first-order chi connectivity index (χ1) is 14.8. The fourth-order valence-electron chi connectivity index (χ4n) is 3.98. The van der Waals surface area contributed by atoms with Crippen LogP contribution in [0.3, 0.4) is 0 Å². The van der Waals surface area contributed by atoms with E-state index in [1.54, 1.807) is 11.7 Å². The van der Waals surface area contributed by atoms with Crippen LogP contribution in [0.1, 0.15) is 43.5 Å². The number of ether oxygens (including phenoxy) is 1. The van der Waals surface area contributed by atoms with Gasteiger partial charge in [0.15, 0.2) is 0 Å². The lowest BCUT2D eigenvalue weighted by atomic mass is 9.99. The van der Waals surface area contributed by atoms with Crippen molar-refractivity contribution < 1.29 is 18.1 Å². The molecule has 2 heterocycles. The second-order valence-corrected chi connectivity index (χ2v) is 9.85. The number of nitro groups is 1. The number of rotatable bonds is 8. The fraction of sp³-hybridized carbons (Fsp3) is 0.579. The maximum Gasteiger partial charge on any atom is 0.346 e. The minimum absolute atomic E-state index is 0.0176. The van der Waals surface area contributed by atoms with E-state index < -0.39 is 14.9 Å². The Balaban J connectivity index is 1.60. The third kappa shape index (κ3) is 4.27. The van der Waals surface area contributed by atoms with E-state index in [1.165, 1.54) is 33.3 Å². The highest BCUT2D eigenvalue weighted by molar-refractivity contribution is 7.89. The Bertz CT molecular complexity index is 1120. The number of sulfonamides is 1. The SMILES string of the molecule is COCCn1nc(C2CCCN(S(=O)(=O)c3ccc([N+](=O)[O-])cc3)C2)n(C2CC2)c1=O. The Hall–Kier alpha value is -2.57. The number of hydrogen-bond donors (Lipinski definition) is 0. The van der Waals surface area contributed by atoms with Crippen LogP contribution in [0, 0.1) is 10.1 Å². The fourth-order valence-corrected chi connectivity index (χ4v) is 5.50. The van der Waals surface area contributed by atoms with Crippen molar-refractivity contribution in [3.8, 4) is 0 Å². The normalized spacial score (nSPS) is 20.1. The Morgan fingerprint density at radius 2 is 1.94 bits per heavy atom. The Labute approximate surface area is 179 Å². The van der Waals surface area contributed by atoms with E-state index in [-0.39, 0.29) is 34.8 Å². The first-order valence-corrected chi connectivity index (χ1v) is 11.7. The lowest BCUT2D eigenvalue weighted by Gasteiger charge is -2.31. The Morgan fingerprint density at radius 3 is 2.55 bits per heavy atom. The van der Waals surface area contributed by atoms with Gasteiger partial charge in [0.1, 0.15) is 5.82 Å². The van der Waals surface area contributed by atoms with Gasteiger partial charge in [0, 0.05) is 44.3 Å². The minimum atomic E-state index is -3.81. The lowest BCUT2D eigenvalue weighted by Crippen LogP contribution is -2.40. The molecule has 1 saturated carbocycles. The van der Waals surface area contributed by atoms with Crippen molar-refractivity contribution in [3.63, 3.8) is 0 Å². The molecule has 1 saturated heterocycles. The summed E-state index contributed by atoms with van der Waals surface area (Å²) in [6, 6.07) is 5.03. The van der Waals surface area contributed by atoms with Gasteiger partial charge < -0.3 is 4.74 Å². The predicted octanol–water partition coefficient (Wildman–Crippen LogP) is 1.50. The molecule has 1 aliphatic heterocycles. The molecule has 1 atom stereocenters. The number of aromatic nitrogens is 3. The van der Waals surface area contributed by atoms with E-state index in [0.29, 0.717) is 31.9 Å². The summed E-state index contributed by atoms with van der Waals surface area (Å²) in [5.41, 5.74) is -0.338. The van der Waals surface area contributed by atoms with Gasteiger partial charge in [0.25, 0.3) is 5.69 Å². The lowest BCUT2D eigenvalue weighted by molar-refractivity contribution is -0.384. The molecule has 2 aromatic rings. The van der Waals surface area contributed by atoms with Gasteiger partial charge in [-0.15, -0.1) is 0 Å². The summed E-state index contributed by atoms with van der Waals surface area (Å²) < 4.78 is 35.9. The first-order valence-electron chi connectivity index (χ1n) is 10.3. The first kappa shape index (κ1) is 21.7. The standard InChI is InChI=1S/C19H25N5O6S/c1-30-12-11-22-19(25)23(15-4-5-15)18(20-22)14-3-2-10-21(13-14)31(28,29)17-8-6-16(7-9-17)24(26)27/h6-9,14-15H,2-5,10-13H2,1H3. The molecule has 2 aliphatic rings. The van der Waals surface area contributed by atoms with Crippen LogP contribution < -0.4 is 5.69 Å². The second kappa shape index (κ2) is 8.52. The van der Waals surface area contributed by atoms with Gasteiger partial charge in [0.2, 0.25) is 10.0 Å². The van der Waals surface area contributed by atoms with Crippen molar-refractivity contribution in [1.29, 1.82) is 0 Å². The summed E-state index contributed by atoms with van der Waals surface area (Å²) in [7, 11) is -2.25. The topological polar surface area (TPSA) is 130 Å². The minimum Gasteiger partial charge on any atom is -0.383 e. The van der Waals surface area contributed by atoms with E-state index in [1.807, 2.05) is 0 Å². The van der Waals surface area contributed by atoms with E-state index in [9.17, 15) is 23.3 Å². The smallest absolute Gasteiger partial charge is 0.346 e. The quantitative estimate of drug-likeness (QED) is 0.439. The van der Waals surface area contributed by atoms with Gasteiger partial charge in [-0.2, -0.15) is 9.40 Å². The molecule has 1 unspecified atom stereocenters. The maximum absolute atomic E-state index is 13.1. The molecule has 12 heteroatoms. The molecule has 0 N–H and O–H groups in total. The molecule has 1 aliphatic carbocycles. The van der Waals surface area contributed by atoms with Crippen LogP contribution in [-0.4, -0.2) is 58.8 Å². The van der Waals surface area contributed by atoms with E-state index >= 15 is 0 Å². The van der Waals surface area contributed by atoms with Crippen molar-refractivity contribution in [2.24, 2.45) is 0 Å². The second-order valence-electron chi connectivity index (χ2n) is 7.91. The number of nitro benzene ring substituents is 1. The summed E-state index contributed by atoms with van der Waals surface area (Å²) in [6.07, 6.45) is 3.21. The number of piperidine rings is 1. The highest BCUT2D eigenvalue weighted by atomic mass is 32.2. The number of nitrogens with zero attached hydrogens (tertiary/aromatic N) is 5. The van der Waals surface area contributed by atoms with Crippen molar-refractivity contribution in [1.82, 2.24) is 18.7 Å². The van der Waals surface area contributed by atoms with Crippen LogP contribution in [-0.2, 0) is 21.3 Å². The highest BCUT2D eigenvalue weighted by Crippen LogP contribution is 2.37. The number of benzene rings is 1. The molecule has 1 aromatic heterocycles. The molecule has 0 spiro atoms. The van der Waals surface area contributed by atoms with Crippen LogP contribution in [0.25, 0.3) is 0 Å². The monoisotopic (exact) mass is 451 g/mol. The summed E-state index contributed by atoms with van der Waals surface area (Å²) in [5, 5.41) is 15.4. The molecule has 168 valence electrons. The van der Waals surface area contributed by atoms with Gasteiger partial charge in [-0.3, -0.25) is 14.7 Å². The molecule has 1 aromatic carbocycles. The van der Waals surface area contributed by atoms with Crippen LogP contribution >= 0.6 is 0 Å². The third-order valence-corrected chi connectivity index (χ3v) is 7.63. The Kier molecular flexibility index (Phi) is 5.95. The van der Waals surface area contributed by atoms with Gasteiger partial charge in [-0.05, 0) is 37.8 Å². The van der Waals surface area contributed by atoms with Crippen LogP contribution in [0.4, 0.5) is 5.69 Å². The maximum atomic E-state index is 13.1. The van der Waals surface area contributed by atoms with Crippen molar-refractivity contribution >= 4 is 15.7 Å². The summed E-state index contributed by atoms with van der Waals surface area (Å²) in [4.78, 5) is 23.1. The highest BCUT2D eigenvalue weighted by Gasteiger charge is 2.37. The summed E-state index contributed by atoms with van der Waals surface area (Å²) in [5.74, 6) is 0.436. The zero-order chi connectivity index (χ0) is 22.2. The van der Waals surface area contributed by atoms with Crippen LogP contribution in [0.2, 0.25) is 0 Å². The molecule has 0 amide bonds. The van der Waals surface area contributed by atoms with E-state index in [4.69, 9.17) is 4.74 Å². The number of methoxy groups -OCH3 is 1. The molecule has 11 nitrogen and oxygen atoms in total. The average Bonchev–Trinajstić information content (AvgIpc) is 3.55. The van der Waals surface area contributed by atoms with Crippen molar-refractivity contribution in [2.75, 3.05) is 26.8 Å². The van der Waals surface area contributed by atoms with Crippen LogP contribution in [0.15, 0.2) is 34.0 Å². The number of hydrogen-bond acceptors (Lipinski definition) is 7. The molecule has 31 heavy (non-hydrogen) atoms. The average molecular weight is 452 g/mol. The molecule has 2 fully saturated rings. The molecular weight excluding hydrogens is 426 g/mol. The summed E-state index contributed by atoms with van der Waals surface area (Å²) >= 11 is 0. The van der Waals surface area contributed by atoms with Gasteiger partial charge in [0.05, 0.1) is 23.0 Å². The molecule has 4 rings (SSSR count). The van der Waals surface area contributed by atoms with E-state index in [0.717, 1.165) is 19.3 Å². The van der Waals surface area contributed by atoms with Crippen molar-refractivity contribution in [3.05, 3.63) is 50.7 Å². The van der Waals surface area contributed by atoms with Crippen molar-refractivity contribution in [2.45, 2.75) is 49.1 Å². The summed E-state index contributed by atoms with van der Waals surface area (Å²) in [6.45, 7) is 1.28. The van der Waals surface area contributed by atoms with Crippen LogP contribution in [0.5, 0.6) is 0 Å².